The number of hydrogen-bond donors (Lipinski definition) is 6. The maximum Gasteiger partial charge on any atom is 0.394 e. The molecule has 1 fully saturated rings. The molecule has 33 heavy (non-hydrogen) atoms. The Balaban J connectivity index is 0.000000460. The largest absolute Gasteiger partial charge is 0.464 e. The number of aromatic nitrogens is 1. The highest BCUT2D eigenvalue weighted by Gasteiger charge is 2.21. The second-order valence-electron chi connectivity index (χ2n) is 7.31. The Hall–Kier alpha value is -2.11. The molecule has 188 valence electrons. The van der Waals surface area contributed by atoms with E-state index in [-0.39, 0.29) is 5.97 Å². The summed E-state index contributed by atoms with van der Waals surface area (Å²) >= 11 is 0. The third-order valence-electron chi connectivity index (χ3n) is 4.64. The van der Waals surface area contributed by atoms with E-state index in [2.05, 4.69) is 22.0 Å². The fourth-order valence-corrected chi connectivity index (χ4v) is 3.26. The van der Waals surface area contributed by atoms with Crippen molar-refractivity contribution in [3.8, 4) is 0 Å². The third kappa shape index (κ3) is 13.2. The molecule has 0 bridgehead atoms. The summed E-state index contributed by atoms with van der Waals surface area (Å²) in [5.74, 6) is 0.168. The standard InChI is InChI=1S/C18H25N3O2.2H2O4S/c1-21-11-14(15-4-2-3-5-17(15)21)10-16(19)18(22)23-12-13-6-8-20-9-7-13;2*1-5(2,3)4/h2-5,11,13,16,20H,6-10,12,19H2,1H3;2*(H2,1,2,3,4)/t16-;;/m1../s1. The highest BCUT2D eigenvalue weighted by Crippen LogP contribution is 2.21. The van der Waals surface area contributed by atoms with Gasteiger partial charge < -0.3 is 20.4 Å². The van der Waals surface area contributed by atoms with Crippen LogP contribution in [-0.2, 0) is 43.8 Å². The number of carbonyl (C=O) groups excluding carboxylic acids is 1. The maximum atomic E-state index is 12.2. The van der Waals surface area contributed by atoms with Gasteiger partial charge in [-0.2, -0.15) is 16.8 Å². The molecule has 1 saturated heterocycles. The second kappa shape index (κ2) is 13.0. The predicted octanol–water partition coefficient (Wildman–Crippen LogP) is 0.285. The van der Waals surface area contributed by atoms with Crippen LogP contribution in [0.3, 0.4) is 0 Å². The average molecular weight is 512 g/mol. The topological polar surface area (TPSA) is 218 Å². The van der Waals surface area contributed by atoms with E-state index in [1.807, 2.05) is 25.4 Å². The first-order chi connectivity index (χ1) is 15.1. The van der Waals surface area contributed by atoms with Crippen LogP contribution < -0.4 is 11.1 Å². The van der Waals surface area contributed by atoms with Crippen LogP contribution in [0.4, 0.5) is 0 Å². The number of ether oxygens (including phenoxy) is 1. The average Bonchev–Trinajstić information content (AvgIpc) is 3.00. The number of carbonyl (C=O) groups is 1. The van der Waals surface area contributed by atoms with E-state index in [0.29, 0.717) is 18.9 Å². The van der Waals surface area contributed by atoms with Crippen molar-refractivity contribution < 1.29 is 44.6 Å². The lowest BCUT2D eigenvalue weighted by Gasteiger charge is -2.22. The number of hydrogen-bond acceptors (Lipinski definition) is 8. The molecule has 0 spiro atoms. The third-order valence-corrected chi connectivity index (χ3v) is 4.64. The molecule has 1 aliphatic heterocycles. The summed E-state index contributed by atoms with van der Waals surface area (Å²) in [7, 11) is -7.33. The van der Waals surface area contributed by atoms with E-state index in [4.69, 9.17) is 45.5 Å². The minimum absolute atomic E-state index is 0.295. The fraction of sp³-hybridized carbons (Fsp3) is 0.500. The first-order valence-corrected chi connectivity index (χ1v) is 12.5. The highest BCUT2D eigenvalue weighted by molar-refractivity contribution is 7.80. The molecule has 15 heteroatoms. The zero-order valence-electron chi connectivity index (χ0n) is 17.9. The van der Waals surface area contributed by atoms with Crippen molar-refractivity contribution >= 4 is 37.7 Å². The van der Waals surface area contributed by atoms with Crippen molar-refractivity contribution in [2.24, 2.45) is 18.7 Å². The Labute approximate surface area is 192 Å². The van der Waals surface area contributed by atoms with Crippen molar-refractivity contribution in [1.29, 1.82) is 0 Å². The Kier molecular flexibility index (Phi) is 11.4. The summed E-state index contributed by atoms with van der Waals surface area (Å²) in [6.07, 6.45) is 4.68. The van der Waals surface area contributed by atoms with Crippen LogP contribution in [0.25, 0.3) is 10.9 Å². The molecule has 1 aromatic heterocycles. The van der Waals surface area contributed by atoms with Gasteiger partial charge >= 0.3 is 26.8 Å². The first-order valence-electron chi connectivity index (χ1n) is 9.70. The van der Waals surface area contributed by atoms with Crippen LogP contribution in [0.1, 0.15) is 18.4 Å². The van der Waals surface area contributed by atoms with Gasteiger partial charge in [-0.15, -0.1) is 0 Å². The normalized spacial score (nSPS) is 15.6. The molecule has 0 radical (unpaired) electrons. The monoisotopic (exact) mass is 511 g/mol. The van der Waals surface area contributed by atoms with Gasteiger partial charge in [0.05, 0.1) is 6.61 Å². The first kappa shape index (κ1) is 28.9. The minimum atomic E-state index is -4.67. The molecule has 0 aliphatic carbocycles. The highest BCUT2D eigenvalue weighted by atomic mass is 32.3. The van der Waals surface area contributed by atoms with Crippen LogP contribution in [0.5, 0.6) is 0 Å². The van der Waals surface area contributed by atoms with E-state index >= 15 is 0 Å². The molecule has 2 aromatic rings. The lowest BCUT2D eigenvalue weighted by Crippen LogP contribution is -2.36. The smallest absolute Gasteiger partial charge is 0.394 e. The van der Waals surface area contributed by atoms with Crippen molar-refractivity contribution in [3.05, 3.63) is 36.0 Å². The molecule has 1 atom stereocenters. The van der Waals surface area contributed by atoms with Crippen LogP contribution in [0.15, 0.2) is 30.5 Å². The van der Waals surface area contributed by atoms with Crippen LogP contribution in [0, 0.1) is 5.92 Å². The molecular weight excluding hydrogens is 482 g/mol. The molecule has 1 aromatic carbocycles. The number of benzene rings is 1. The van der Waals surface area contributed by atoms with Crippen molar-refractivity contribution in [3.63, 3.8) is 0 Å². The van der Waals surface area contributed by atoms with E-state index in [1.165, 1.54) is 0 Å². The van der Waals surface area contributed by atoms with Gasteiger partial charge in [0.25, 0.3) is 0 Å². The molecular formula is C18H29N3O10S2. The van der Waals surface area contributed by atoms with Gasteiger partial charge in [-0.05, 0) is 43.5 Å². The van der Waals surface area contributed by atoms with Gasteiger partial charge in [-0.25, -0.2) is 0 Å². The lowest BCUT2D eigenvalue weighted by atomic mass is 9.99. The quantitative estimate of drug-likeness (QED) is 0.236. The second-order valence-corrected chi connectivity index (χ2v) is 9.10. The van der Waals surface area contributed by atoms with Gasteiger partial charge in [0, 0.05) is 30.6 Å². The Morgan fingerprint density at radius 1 is 1.12 bits per heavy atom. The summed E-state index contributed by atoms with van der Waals surface area (Å²) in [6.45, 7) is 2.50. The van der Waals surface area contributed by atoms with E-state index < -0.39 is 26.8 Å². The Morgan fingerprint density at radius 3 is 2.18 bits per heavy atom. The van der Waals surface area contributed by atoms with Gasteiger partial charge in [0.2, 0.25) is 0 Å². The summed E-state index contributed by atoms with van der Waals surface area (Å²) in [6, 6.07) is 7.55. The molecule has 3 rings (SSSR count). The number of nitrogens with two attached hydrogens (primary N) is 1. The summed E-state index contributed by atoms with van der Waals surface area (Å²) in [4.78, 5) is 12.2. The number of aryl methyl sites for hydroxylation is 1. The van der Waals surface area contributed by atoms with Crippen molar-refractivity contribution in [2.45, 2.75) is 25.3 Å². The number of piperidine rings is 1. The predicted molar refractivity (Wildman–Crippen MR) is 120 cm³/mol. The van der Waals surface area contributed by atoms with Gasteiger partial charge in [-0.3, -0.25) is 23.0 Å². The number of rotatable bonds is 5. The SMILES string of the molecule is Cn1cc(C[C@@H](N)C(=O)OCC2CCNCC2)c2ccccc21.O=S(=O)(O)O.O=S(=O)(O)O. The van der Waals surface area contributed by atoms with E-state index in [1.54, 1.807) is 0 Å². The maximum absolute atomic E-state index is 12.2. The zero-order chi connectivity index (χ0) is 25.2. The molecule has 13 nitrogen and oxygen atoms in total. The van der Waals surface area contributed by atoms with Crippen LogP contribution in [-0.4, -0.2) is 71.3 Å². The Bertz CT molecular complexity index is 1060. The molecule has 0 saturated carbocycles. The number of nitrogens with one attached hydrogen (secondary N) is 1. The van der Waals surface area contributed by atoms with Gasteiger partial charge in [-0.1, -0.05) is 18.2 Å². The number of fused-ring (bicyclic) bond motifs is 1. The van der Waals surface area contributed by atoms with Crippen LogP contribution >= 0.6 is 0 Å². The van der Waals surface area contributed by atoms with Crippen molar-refractivity contribution in [1.82, 2.24) is 9.88 Å². The number of nitrogens with zero attached hydrogens (tertiary/aromatic N) is 1. The van der Waals surface area contributed by atoms with Crippen LogP contribution in [0.2, 0.25) is 0 Å². The fourth-order valence-electron chi connectivity index (χ4n) is 3.26. The lowest BCUT2D eigenvalue weighted by molar-refractivity contribution is -0.146. The number of esters is 1. The summed E-state index contributed by atoms with van der Waals surface area (Å²) in [5, 5.41) is 4.46. The zero-order valence-corrected chi connectivity index (χ0v) is 19.5. The van der Waals surface area contributed by atoms with Crippen molar-refractivity contribution in [2.75, 3.05) is 19.7 Å². The van der Waals surface area contributed by atoms with Gasteiger partial charge in [0.15, 0.2) is 0 Å². The molecule has 7 N–H and O–H groups in total. The number of para-hydroxylation sites is 1. The molecule has 0 amide bonds. The molecule has 2 heterocycles. The molecule has 0 unspecified atom stereocenters. The summed E-state index contributed by atoms with van der Waals surface area (Å²) in [5.41, 5.74) is 8.31. The summed E-state index contributed by atoms with van der Waals surface area (Å²) < 4.78 is 70.7. The minimum Gasteiger partial charge on any atom is -0.464 e. The molecule has 1 aliphatic rings. The Morgan fingerprint density at radius 2 is 1.64 bits per heavy atom. The van der Waals surface area contributed by atoms with Gasteiger partial charge in [0.1, 0.15) is 6.04 Å². The van der Waals surface area contributed by atoms with E-state index in [9.17, 15) is 4.79 Å². The van der Waals surface area contributed by atoms with E-state index in [0.717, 1.165) is 42.4 Å².